The summed E-state index contributed by atoms with van der Waals surface area (Å²) in [6.45, 7) is 8.59. The number of hydrogen-bond acceptors (Lipinski definition) is 1. The van der Waals surface area contributed by atoms with Gasteiger partial charge in [0.15, 0.2) is 0 Å². The van der Waals surface area contributed by atoms with Crippen LogP contribution in [0.2, 0.25) is 0 Å². The van der Waals surface area contributed by atoms with Crippen molar-refractivity contribution in [3.8, 4) is 0 Å². The van der Waals surface area contributed by atoms with Crippen LogP contribution in [0.1, 0.15) is 51.3 Å². The number of benzene rings is 1. The van der Waals surface area contributed by atoms with Gasteiger partial charge >= 0.3 is 6.18 Å². The minimum absolute atomic E-state index is 0.0420. The summed E-state index contributed by atoms with van der Waals surface area (Å²) in [6, 6.07) is 3.00. The smallest absolute Gasteiger partial charge is 0.310 e. The summed E-state index contributed by atoms with van der Waals surface area (Å²) in [5.74, 6) is -1.23. The van der Waals surface area contributed by atoms with Crippen molar-refractivity contribution in [3.05, 3.63) is 35.1 Å². The maximum atomic E-state index is 13.3. The van der Waals surface area contributed by atoms with Crippen LogP contribution in [0, 0.1) is 11.2 Å². The molecule has 0 saturated carbocycles. The fourth-order valence-electron chi connectivity index (χ4n) is 2.14. The second-order valence-electron chi connectivity index (χ2n) is 6.11. The molecule has 1 unspecified atom stereocenters. The van der Waals surface area contributed by atoms with Gasteiger partial charge in [0, 0.05) is 6.04 Å². The van der Waals surface area contributed by atoms with Crippen molar-refractivity contribution >= 4 is 0 Å². The molecule has 0 spiro atoms. The number of hydrogen-bond donors (Lipinski definition) is 1. The Morgan fingerprint density at radius 3 is 2.20 bits per heavy atom. The van der Waals surface area contributed by atoms with Crippen LogP contribution >= 0.6 is 0 Å². The Labute approximate surface area is 117 Å². The quantitative estimate of drug-likeness (QED) is 0.775. The second kappa shape index (κ2) is 6.12. The lowest BCUT2D eigenvalue weighted by Crippen LogP contribution is -2.26. The van der Waals surface area contributed by atoms with Gasteiger partial charge in [-0.1, -0.05) is 33.8 Å². The zero-order chi connectivity index (χ0) is 15.6. The van der Waals surface area contributed by atoms with Crippen molar-refractivity contribution in [3.63, 3.8) is 0 Å². The third-order valence-corrected chi connectivity index (χ3v) is 2.97. The van der Waals surface area contributed by atoms with E-state index >= 15 is 0 Å². The van der Waals surface area contributed by atoms with E-state index in [2.05, 4.69) is 5.32 Å². The Bertz CT molecular complexity index is 446. The molecule has 1 aromatic carbocycles. The van der Waals surface area contributed by atoms with Crippen LogP contribution in [-0.4, -0.2) is 6.54 Å². The van der Waals surface area contributed by atoms with Gasteiger partial charge in [0.05, 0.1) is 5.56 Å². The topological polar surface area (TPSA) is 12.0 Å². The van der Waals surface area contributed by atoms with E-state index in [4.69, 9.17) is 0 Å². The molecule has 5 heteroatoms. The Kier molecular flexibility index (Phi) is 5.19. The molecule has 0 heterocycles. The number of rotatable bonds is 4. The fraction of sp³-hybridized carbons (Fsp3) is 0.600. The molecule has 0 fully saturated rings. The molecule has 1 aromatic rings. The summed E-state index contributed by atoms with van der Waals surface area (Å²) in [5.41, 5.74) is -0.776. The van der Waals surface area contributed by atoms with Gasteiger partial charge in [0.1, 0.15) is 5.82 Å². The van der Waals surface area contributed by atoms with E-state index < -0.39 is 17.6 Å². The van der Waals surface area contributed by atoms with E-state index in [1.807, 2.05) is 27.7 Å². The predicted molar refractivity (Wildman–Crippen MR) is 71.9 cm³/mol. The van der Waals surface area contributed by atoms with E-state index in [9.17, 15) is 17.6 Å². The molecule has 20 heavy (non-hydrogen) atoms. The highest BCUT2D eigenvalue weighted by atomic mass is 19.4. The number of halogens is 4. The van der Waals surface area contributed by atoms with Crippen molar-refractivity contribution in [2.24, 2.45) is 5.41 Å². The van der Waals surface area contributed by atoms with Crippen molar-refractivity contribution in [2.75, 3.05) is 6.54 Å². The largest absolute Gasteiger partial charge is 0.419 e. The lowest BCUT2D eigenvalue weighted by molar-refractivity contribution is -0.140. The summed E-state index contributed by atoms with van der Waals surface area (Å²) in [7, 11) is 0. The van der Waals surface area contributed by atoms with Crippen molar-refractivity contribution in [2.45, 2.75) is 46.3 Å². The van der Waals surface area contributed by atoms with E-state index in [0.29, 0.717) is 18.5 Å². The van der Waals surface area contributed by atoms with Crippen molar-refractivity contribution in [1.82, 2.24) is 5.32 Å². The maximum absolute atomic E-state index is 13.3. The molecular weight excluding hydrogens is 270 g/mol. The Hall–Kier alpha value is -1.10. The molecule has 1 atom stereocenters. The first-order valence-corrected chi connectivity index (χ1v) is 6.64. The Morgan fingerprint density at radius 2 is 1.75 bits per heavy atom. The summed E-state index contributed by atoms with van der Waals surface area (Å²) in [5, 5.41) is 3.16. The molecular formula is C15H21F4N. The average Bonchev–Trinajstić information content (AvgIpc) is 2.25. The van der Waals surface area contributed by atoms with Crippen LogP contribution in [-0.2, 0) is 6.18 Å². The minimum Gasteiger partial charge on any atom is -0.310 e. The van der Waals surface area contributed by atoms with E-state index in [1.165, 1.54) is 6.07 Å². The standard InChI is InChI=1S/C15H21F4N/c1-5-20-13(9-14(2,3)4)10-6-7-12(16)11(8-10)15(17,18)19/h6-8,13,20H,5,9H2,1-4H3. The first kappa shape index (κ1) is 17.0. The van der Waals surface area contributed by atoms with Gasteiger partial charge in [0.2, 0.25) is 0 Å². The van der Waals surface area contributed by atoms with Gasteiger partial charge in [-0.25, -0.2) is 4.39 Å². The number of nitrogens with one attached hydrogen (secondary N) is 1. The normalized spacial score (nSPS) is 14.4. The number of alkyl halides is 3. The maximum Gasteiger partial charge on any atom is 0.419 e. The Morgan fingerprint density at radius 1 is 1.15 bits per heavy atom. The predicted octanol–water partition coefficient (Wildman–Crippen LogP) is 4.93. The van der Waals surface area contributed by atoms with E-state index in [1.54, 1.807) is 0 Å². The molecule has 0 bridgehead atoms. The van der Waals surface area contributed by atoms with Crippen LogP contribution < -0.4 is 5.32 Å². The third-order valence-electron chi connectivity index (χ3n) is 2.97. The Balaban J connectivity index is 3.15. The molecule has 0 radical (unpaired) electrons. The van der Waals surface area contributed by atoms with Gasteiger partial charge in [0.25, 0.3) is 0 Å². The monoisotopic (exact) mass is 291 g/mol. The first-order chi connectivity index (χ1) is 9.04. The molecule has 114 valence electrons. The molecule has 1 rings (SSSR count). The molecule has 0 aliphatic rings. The highest BCUT2D eigenvalue weighted by Gasteiger charge is 2.35. The van der Waals surface area contributed by atoms with Gasteiger partial charge in [-0.2, -0.15) is 13.2 Å². The van der Waals surface area contributed by atoms with Gasteiger partial charge in [-0.3, -0.25) is 0 Å². The van der Waals surface area contributed by atoms with Crippen molar-refractivity contribution in [1.29, 1.82) is 0 Å². The van der Waals surface area contributed by atoms with Gasteiger partial charge < -0.3 is 5.32 Å². The first-order valence-electron chi connectivity index (χ1n) is 6.64. The van der Waals surface area contributed by atoms with Crippen molar-refractivity contribution < 1.29 is 17.6 Å². The zero-order valence-electron chi connectivity index (χ0n) is 12.2. The van der Waals surface area contributed by atoms with Crippen LogP contribution in [0.4, 0.5) is 17.6 Å². The van der Waals surface area contributed by atoms with E-state index in [-0.39, 0.29) is 11.5 Å². The SMILES string of the molecule is CCNC(CC(C)(C)C)c1ccc(F)c(C(F)(F)F)c1. The highest BCUT2D eigenvalue weighted by molar-refractivity contribution is 5.29. The zero-order valence-corrected chi connectivity index (χ0v) is 12.2. The van der Waals surface area contributed by atoms with Gasteiger partial charge in [-0.05, 0) is 36.1 Å². The molecule has 0 amide bonds. The molecule has 0 aliphatic heterocycles. The second-order valence-corrected chi connectivity index (χ2v) is 6.11. The minimum atomic E-state index is -4.67. The van der Waals surface area contributed by atoms with Gasteiger partial charge in [-0.15, -0.1) is 0 Å². The lowest BCUT2D eigenvalue weighted by atomic mass is 9.85. The summed E-state index contributed by atoms with van der Waals surface area (Å²) in [4.78, 5) is 0. The summed E-state index contributed by atoms with van der Waals surface area (Å²) in [6.07, 6.45) is -4.00. The van der Waals surface area contributed by atoms with Crippen LogP contribution in [0.15, 0.2) is 18.2 Å². The molecule has 0 aliphatic carbocycles. The summed E-state index contributed by atoms with van der Waals surface area (Å²) >= 11 is 0. The van der Waals surface area contributed by atoms with E-state index in [0.717, 1.165) is 12.1 Å². The molecule has 1 N–H and O–H groups in total. The molecule has 0 saturated heterocycles. The average molecular weight is 291 g/mol. The fourth-order valence-corrected chi connectivity index (χ4v) is 2.14. The van der Waals surface area contributed by atoms with Crippen LogP contribution in [0.5, 0.6) is 0 Å². The summed E-state index contributed by atoms with van der Waals surface area (Å²) < 4.78 is 51.6. The third kappa shape index (κ3) is 4.78. The molecule has 1 nitrogen and oxygen atoms in total. The lowest BCUT2D eigenvalue weighted by Gasteiger charge is -2.27. The van der Waals surface area contributed by atoms with Crippen LogP contribution in [0.25, 0.3) is 0 Å². The van der Waals surface area contributed by atoms with Crippen LogP contribution in [0.3, 0.4) is 0 Å². The highest BCUT2D eigenvalue weighted by Crippen LogP contribution is 2.35. The molecule has 0 aromatic heterocycles.